The fourth-order valence-electron chi connectivity index (χ4n) is 2.78. The Morgan fingerprint density at radius 1 is 1.42 bits per heavy atom. The van der Waals surface area contributed by atoms with Gasteiger partial charge in [0.25, 0.3) is 0 Å². The molecule has 0 spiro atoms. The van der Waals surface area contributed by atoms with Crippen molar-refractivity contribution >= 4 is 28.8 Å². The average molecular weight is 336 g/mol. The molecule has 0 aliphatic rings. The molecule has 0 radical (unpaired) electrons. The SMILES string of the molecule is CC(=O)c1c(C)[nH]c(-c2csc(C(C#N)=Cc3ccc[nH]3)n2)c1C. The minimum Gasteiger partial charge on any atom is -0.362 e. The molecule has 0 aliphatic carbocycles. The summed E-state index contributed by atoms with van der Waals surface area (Å²) in [6.45, 7) is 5.35. The van der Waals surface area contributed by atoms with Crippen molar-refractivity contribution in [3.05, 3.63) is 51.2 Å². The van der Waals surface area contributed by atoms with E-state index in [4.69, 9.17) is 0 Å². The van der Waals surface area contributed by atoms with Gasteiger partial charge in [0.2, 0.25) is 0 Å². The summed E-state index contributed by atoms with van der Waals surface area (Å²) in [7, 11) is 0. The van der Waals surface area contributed by atoms with Crippen molar-refractivity contribution in [2.75, 3.05) is 0 Å². The number of aromatic nitrogens is 3. The number of thiazole rings is 1. The molecule has 24 heavy (non-hydrogen) atoms. The number of carbonyl (C=O) groups excluding carboxylic acids is 1. The molecule has 0 aliphatic heterocycles. The maximum atomic E-state index is 11.8. The molecule has 6 heteroatoms. The van der Waals surface area contributed by atoms with E-state index in [1.165, 1.54) is 11.3 Å². The van der Waals surface area contributed by atoms with Crippen molar-refractivity contribution in [3.8, 4) is 17.5 Å². The van der Waals surface area contributed by atoms with Crippen LogP contribution in [-0.4, -0.2) is 20.7 Å². The van der Waals surface area contributed by atoms with Gasteiger partial charge in [-0.05, 0) is 44.5 Å². The van der Waals surface area contributed by atoms with E-state index >= 15 is 0 Å². The minimum absolute atomic E-state index is 0.0345. The maximum Gasteiger partial charge on any atom is 0.161 e. The Labute approximate surface area is 143 Å². The molecule has 2 N–H and O–H groups in total. The van der Waals surface area contributed by atoms with Gasteiger partial charge in [-0.2, -0.15) is 5.26 Å². The predicted octanol–water partition coefficient (Wildman–Crippen LogP) is 4.35. The normalized spacial score (nSPS) is 11.5. The lowest BCUT2D eigenvalue weighted by Gasteiger charge is -1.97. The summed E-state index contributed by atoms with van der Waals surface area (Å²) in [5.41, 5.74) is 5.38. The van der Waals surface area contributed by atoms with Crippen LogP contribution in [0.3, 0.4) is 0 Å². The second-order valence-electron chi connectivity index (χ2n) is 5.51. The highest BCUT2D eigenvalue weighted by Gasteiger charge is 2.18. The third-order valence-corrected chi connectivity index (χ3v) is 4.70. The highest BCUT2D eigenvalue weighted by atomic mass is 32.1. The van der Waals surface area contributed by atoms with Crippen molar-refractivity contribution in [3.63, 3.8) is 0 Å². The smallest absolute Gasteiger partial charge is 0.161 e. The van der Waals surface area contributed by atoms with Crippen LogP contribution in [0.15, 0.2) is 23.7 Å². The second-order valence-corrected chi connectivity index (χ2v) is 6.37. The first-order valence-electron chi connectivity index (χ1n) is 7.42. The van der Waals surface area contributed by atoms with Gasteiger partial charge in [0.15, 0.2) is 5.78 Å². The molecule has 0 aromatic carbocycles. The number of nitrogens with zero attached hydrogens (tertiary/aromatic N) is 2. The summed E-state index contributed by atoms with van der Waals surface area (Å²) in [5, 5.41) is 12.0. The minimum atomic E-state index is 0.0345. The number of aromatic amines is 2. The Balaban J connectivity index is 2.01. The number of hydrogen-bond acceptors (Lipinski definition) is 4. The lowest BCUT2D eigenvalue weighted by Crippen LogP contribution is -1.94. The monoisotopic (exact) mass is 336 g/mol. The molecule has 3 heterocycles. The number of carbonyl (C=O) groups is 1. The molecule has 0 atom stereocenters. The molecule has 120 valence electrons. The van der Waals surface area contributed by atoms with E-state index in [1.54, 1.807) is 13.0 Å². The number of nitrogens with one attached hydrogen (secondary N) is 2. The fourth-order valence-corrected chi connectivity index (χ4v) is 3.55. The van der Waals surface area contributed by atoms with E-state index in [9.17, 15) is 10.1 Å². The van der Waals surface area contributed by atoms with Gasteiger partial charge in [-0.3, -0.25) is 4.79 Å². The van der Waals surface area contributed by atoms with E-state index in [2.05, 4.69) is 21.0 Å². The quantitative estimate of drug-likeness (QED) is 0.548. The third-order valence-electron chi connectivity index (χ3n) is 3.82. The van der Waals surface area contributed by atoms with Crippen LogP contribution in [0.25, 0.3) is 23.0 Å². The van der Waals surface area contributed by atoms with Crippen LogP contribution in [0.5, 0.6) is 0 Å². The standard InChI is InChI=1S/C18H16N4OS/c1-10-16(12(3)23)11(2)21-17(10)15-9-24-18(22-15)13(8-19)7-14-5-4-6-20-14/h4-7,9,20-21H,1-3H3. The molecule has 0 amide bonds. The van der Waals surface area contributed by atoms with Crippen LogP contribution in [0.1, 0.15) is 39.2 Å². The number of hydrogen-bond donors (Lipinski definition) is 2. The van der Waals surface area contributed by atoms with Crippen molar-refractivity contribution in [1.29, 1.82) is 5.26 Å². The lowest BCUT2D eigenvalue weighted by molar-refractivity contribution is 0.101. The molecule has 0 unspecified atom stereocenters. The van der Waals surface area contributed by atoms with Crippen LogP contribution < -0.4 is 0 Å². The highest BCUT2D eigenvalue weighted by Crippen LogP contribution is 2.31. The summed E-state index contributed by atoms with van der Waals surface area (Å²) >= 11 is 1.41. The molecule has 0 saturated carbocycles. The first kappa shape index (κ1) is 16.0. The molecular formula is C18H16N4OS. The van der Waals surface area contributed by atoms with Gasteiger partial charge < -0.3 is 9.97 Å². The number of ketones is 1. The average Bonchev–Trinajstić information content (AvgIpc) is 3.25. The second kappa shape index (κ2) is 6.30. The Morgan fingerprint density at radius 3 is 2.79 bits per heavy atom. The van der Waals surface area contributed by atoms with Crippen molar-refractivity contribution < 1.29 is 4.79 Å². The first-order chi connectivity index (χ1) is 11.5. The van der Waals surface area contributed by atoms with Gasteiger partial charge in [-0.25, -0.2) is 4.98 Å². The highest BCUT2D eigenvalue weighted by molar-refractivity contribution is 7.11. The number of allylic oxidation sites excluding steroid dienone is 1. The topological polar surface area (TPSA) is 85.3 Å². The van der Waals surface area contributed by atoms with Gasteiger partial charge in [0.1, 0.15) is 11.1 Å². The molecule has 3 aromatic rings. The van der Waals surface area contributed by atoms with E-state index < -0.39 is 0 Å². The van der Waals surface area contributed by atoms with Crippen molar-refractivity contribution in [1.82, 2.24) is 15.0 Å². The molecule has 3 aromatic heterocycles. The largest absolute Gasteiger partial charge is 0.362 e. The lowest BCUT2D eigenvalue weighted by atomic mass is 10.1. The number of aryl methyl sites for hydroxylation is 1. The van der Waals surface area contributed by atoms with E-state index in [0.29, 0.717) is 16.1 Å². The summed E-state index contributed by atoms with van der Waals surface area (Å²) in [6.07, 6.45) is 3.58. The van der Waals surface area contributed by atoms with Crippen molar-refractivity contribution in [2.45, 2.75) is 20.8 Å². The summed E-state index contributed by atoms with van der Waals surface area (Å²) < 4.78 is 0. The van der Waals surface area contributed by atoms with Gasteiger partial charge in [-0.1, -0.05) is 0 Å². The first-order valence-corrected chi connectivity index (χ1v) is 8.30. The van der Waals surface area contributed by atoms with Gasteiger partial charge in [0.05, 0.1) is 17.0 Å². The molecule has 5 nitrogen and oxygen atoms in total. The summed E-state index contributed by atoms with van der Waals surface area (Å²) in [5.74, 6) is 0.0345. The molecule has 0 saturated heterocycles. The zero-order valence-electron chi connectivity index (χ0n) is 13.6. The fraction of sp³-hybridized carbons (Fsp3) is 0.167. The van der Waals surface area contributed by atoms with E-state index in [1.807, 2.05) is 37.6 Å². The third kappa shape index (κ3) is 2.82. The number of nitriles is 1. The van der Waals surface area contributed by atoms with E-state index in [0.717, 1.165) is 28.3 Å². The molecule has 0 bridgehead atoms. The van der Waals surface area contributed by atoms with Gasteiger partial charge in [0, 0.05) is 28.5 Å². The Morgan fingerprint density at radius 2 is 2.21 bits per heavy atom. The zero-order chi connectivity index (χ0) is 17.3. The number of H-pyrrole nitrogens is 2. The summed E-state index contributed by atoms with van der Waals surface area (Å²) in [6, 6.07) is 5.97. The maximum absolute atomic E-state index is 11.8. The number of rotatable bonds is 4. The van der Waals surface area contributed by atoms with Crippen LogP contribution in [0.2, 0.25) is 0 Å². The molecular weight excluding hydrogens is 320 g/mol. The Kier molecular flexibility index (Phi) is 4.19. The van der Waals surface area contributed by atoms with Gasteiger partial charge in [-0.15, -0.1) is 11.3 Å². The van der Waals surface area contributed by atoms with Crippen LogP contribution in [0, 0.1) is 25.2 Å². The predicted molar refractivity (Wildman–Crippen MR) is 95.7 cm³/mol. The van der Waals surface area contributed by atoms with Crippen molar-refractivity contribution in [2.24, 2.45) is 0 Å². The van der Waals surface area contributed by atoms with E-state index in [-0.39, 0.29) is 5.78 Å². The van der Waals surface area contributed by atoms with Gasteiger partial charge >= 0.3 is 0 Å². The molecule has 0 fully saturated rings. The van der Waals surface area contributed by atoms with Crippen LogP contribution >= 0.6 is 11.3 Å². The number of Topliss-reactive ketones (excluding diaryl/α,β-unsaturated/α-hetero) is 1. The summed E-state index contributed by atoms with van der Waals surface area (Å²) in [4.78, 5) is 22.6. The molecule has 3 rings (SSSR count). The Hall–Kier alpha value is -2.91. The zero-order valence-corrected chi connectivity index (χ0v) is 14.4. The van der Waals surface area contributed by atoms with Crippen LogP contribution in [0.4, 0.5) is 0 Å². The van der Waals surface area contributed by atoms with Crippen LogP contribution in [-0.2, 0) is 0 Å². The Bertz CT molecular complexity index is 967.